The summed E-state index contributed by atoms with van der Waals surface area (Å²) in [5.41, 5.74) is 5.43. The minimum atomic E-state index is 0.336. The molecule has 74 valence electrons. The van der Waals surface area contributed by atoms with Crippen molar-refractivity contribution < 1.29 is 5.11 Å². The topological polar surface area (TPSA) is 46.2 Å². The average Bonchev–Trinajstić information content (AvgIpc) is 2.05. The maximum Gasteiger partial charge on any atom is 0.0431 e. The molecule has 0 amide bonds. The molecule has 0 radical (unpaired) electrons. The lowest BCUT2D eigenvalue weighted by Crippen LogP contribution is -2.07. The molecule has 0 fully saturated rings. The molecule has 0 saturated heterocycles. The molecule has 0 aromatic rings. The first-order valence-electron chi connectivity index (χ1n) is 4.73. The SMILES string of the molecule is CC(CCN)SCCCCCO. The molecule has 12 heavy (non-hydrogen) atoms. The first kappa shape index (κ1) is 12.3. The number of unbranched alkanes of at least 4 members (excludes halogenated alkanes) is 2. The lowest BCUT2D eigenvalue weighted by molar-refractivity contribution is 0.284. The van der Waals surface area contributed by atoms with E-state index >= 15 is 0 Å². The van der Waals surface area contributed by atoms with Crippen LogP contribution in [0.4, 0.5) is 0 Å². The predicted molar refractivity (Wildman–Crippen MR) is 56.5 cm³/mol. The van der Waals surface area contributed by atoms with Crippen molar-refractivity contribution in [1.29, 1.82) is 0 Å². The molecule has 0 aliphatic heterocycles. The van der Waals surface area contributed by atoms with Crippen LogP contribution in [-0.4, -0.2) is 29.3 Å². The van der Waals surface area contributed by atoms with Crippen molar-refractivity contribution >= 4 is 11.8 Å². The van der Waals surface area contributed by atoms with Gasteiger partial charge < -0.3 is 10.8 Å². The summed E-state index contributed by atoms with van der Waals surface area (Å²) in [6, 6.07) is 0. The predicted octanol–water partition coefficient (Wildman–Crippen LogP) is 1.62. The van der Waals surface area contributed by atoms with E-state index in [-0.39, 0.29) is 0 Å². The van der Waals surface area contributed by atoms with Crippen molar-refractivity contribution in [3.63, 3.8) is 0 Å². The number of rotatable bonds is 8. The highest BCUT2D eigenvalue weighted by molar-refractivity contribution is 7.99. The van der Waals surface area contributed by atoms with Gasteiger partial charge in [0.2, 0.25) is 0 Å². The molecule has 2 nitrogen and oxygen atoms in total. The first-order chi connectivity index (χ1) is 5.81. The van der Waals surface area contributed by atoms with Crippen molar-refractivity contribution in [1.82, 2.24) is 0 Å². The molecule has 0 aromatic heterocycles. The quantitative estimate of drug-likeness (QED) is 0.573. The molecule has 3 N–H and O–H groups in total. The molecule has 1 unspecified atom stereocenters. The molecule has 0 saturated carbocycles. The largest absolute Gasteiger partial charge is 0.396 e. The lowest BCUT2D eigenvalue weighted by atomic mass is 10.3. The zero-order valence-electron chi connectivity index (χ0n) is 7.96. The van der Waals surface area contributed by atoms with E-state index in [1.54, 1.807) is 0 Å². The second-order valence-electron chi connectivity index (χ2n) is 3.04. The van der Waals surface area contributed by atoms with Crippen LogP contribution in [0.15, 0.2) is 0 Å². The van der Waals surface area contributed by atoms with Gasteiger partial charge in [-0.3, -0.25) is 0 Å². The highest BCUT2D eigenvalue weighted by Crippen LogP contribution is 2.15. The van der Waals surface area contributed by atoms with Gasteiger partial charge in [-0.25, -0.2) is 0 Å². The van der Waals surface area contributed by atoms with Crippen molar-refractivity contribution in [2.24, 2.45) is 5.73 Å². The van der Waals surface area contributed by atoms with E-state index < -0.39 is 0 Å². The maximum absolute atomic E-state index is 8.54. The Morgan fingerprint density at radius 2 is 2.08 bits per heavy atom. The fourth-order valence-electron chi connectivity index (χ4n) is 0.993. The van der Waals surface area contributed by atoms with Crippen LogP contribution >= 0.6 is 11.8 Å². The Morgan fingerprint density at radius 3 is 2.67 bits per heavy atom. The maximum atomic E-state index is 8.54. The van der Waals surface area contributed by atoms with E-state index in [0.717, 1.165) is 25.8 Å². The fraction of sp³-hybridized carbons (Fsp3) is 1.00. The number of nitrogens with two attached hydrogens (primary N) is 1. The van der Waals surface area contributed by atoms with Gasteiger partial charge in [-0.2, -0.15) is 11.8 Å². The number of aliphatic hydroxyl groups excluding tert-OH is 1. The van der Waals surface area contributed by atoms with Gasteiger partial charge in [0.15, 0.2) is 0 Å². The number of hydrogen-bond donors (Lipinski definition) is 2. The minimum absolute atomic E-state index is 0.336. The van der Waals surface area contributed by atoms with E-state index in [2.05, 4.69) is 6.92 Å². The lowest BCUT2D eigenvalue weighted by Gasteiger charge is -2.08. The highest BCUT2D eigenvalue weighted by Gasteiger charge is 1.99. The summed E-state index contributed by atoms with van der Waals surface area (Å²) in [4.78, 5) is 0. The molecule has 0 bridgehead atoms. The number of hydrogen-bond acceptors (Lipinski definition) is 3. The molecule has 0 aliphatic carbocycles. The molecule has 0 spiro atoms. The van der Waals surface area contributed by atoms with Gasteiger partial charge in [-0.05, 0) is 31.6 Å². The van der Waals surface area contributed by atoms with Crippen molar-refractivity contribution in [2.45, 2.75) is 37.9 Å². The molecule has 1 atom stereocenters. The third kappa shape index (κ3) is 8.37. The summed E-state index contributed by atoms with van der Waals surface area (Å²) >= 11 is 1.99. The monoisotopic (exact) mass is 191 g/mol. The molecular weight excluding hydrogens is 170 g/mol. The van der Waals surface area contributed by atoms with E-state index in [1.165, 1.54) is 12.2 Å². The van der Waals surface area contributed by atoms with Crippen LogP contribution in [0.2, 0.25) is 0 Å². The fourth-order valence-corrected chi connectivity index (χ4v) is 2.07. The van der Waals surface area contributed by atoms with Crippen LogP contribution in [-0.2, 0) is 0 Å². The average molecular weight is 191 g/mol. The Morgan fingerprint density at radius 1 is 1.33 bits per heavy atom. The Balaban J connectivity index is 2.97. The van der Waals surface area contributed by atoms with E-state index in [9.17, 15) is 0 Å². The van der Waals surface area contributed by atoms with Crippen LogP contribution in [0.3, 0.4) is 0 Å². The summed E-state index contributed by atoms with van der Waals surface area (Å²) in [7, 11) is 0. The normalized spacial score (nSPS) is 13.2. The van der Waals surface area contributed by atoms with E-state index in [4.69, 9.17) is 10.8 Å². The van der Waals surface area contributed by atoms with Gasteiger partial charge in [0.25, 0.3) is 0 Å². The third-order valence-corrected chi connectivity index (χ3v) is 3.11. The smallest absolute Gasteiger partial charge is 0.0431 e. The van der Waals surface area contributed by atoms with Crippen LogP contribution < -0.4 is 5.73 Å². The number of aliphatic hydroxyl groups is 1. The summed E-state index contributed by atoms with van der Waals surface area (Å²) < 4.78 is 0. The van der Waals surface area contributed by atoms with Crippen molar-refractivity contribution in [3.8, 4) is 0 Å². The van der Waals surface area contributed by atoms with Gasteiger partial charge in [-0.1, -0.05) is 13.3 Å². The molecular formula is C9H21NOS. The summed E-state index contributed by atoms with van der Waals surface area (Å²) in [6.07, 6.45) is 4.44. The zero-order chi connectivity index (χ0) is 9.23. The third-order valence-electron chi connectivity index (χ3n) is 1.78. The minimum Gasteiger partial charge on any atom is -0.396 e. The van der Waals surface area contributed by atoms with Gasteiger partial charge >= 0.3 is 0 Å². The molecule has 0 aliphatic rings. The molecule has 0 rings (SSSR count). The standard InChI is InChI=1S/C9H21NOS/c1-9(5-6-10)12-8-4-2-3-7-11/h9,11H,2-8,10H2,1H3. The Labute approximate surface area is 79.9 Å². The van der Waals surface area contributed by atoms with Gasteiger partial charge in [-0.15, -0.1) is 0 Å². The highest BCUT2D eigenvalue weighted by atomic mass is 32.2. The Bertz CT molecular complexity index is 90.6. The number of thioether (sulfide) groups is 1. The van der Waals surface area contributed by atoms with E-state index in [0.29, 0.717) is 11.9 Å². The van der Waals surface area contributed by atoms with Crippen LogP contribution in [0.5, 0.6) is 0 Å². The zero-order valence-corrected chi connectivity index (χ0v) is 8.78. The second kappa shape index (κ2) is 9.36. The van der Waals surface area contributed by atoms with E-state index in [1.807, 2.05) is 11.8 Å². The summed E-state index contributed by atoms with van der Waals surface area (Å²) in [6.45, 7) is 3.36. The van der Waals surface area contributed by atoms with Gasteiger partial charge in [0, 0.05) is 11.9 Å². The van der Waals surface area contributed by atoms with Gasteiger partial charge in [0.1, 0.15) is 0 Å². The van der Waals surface area contributed by atoms with Crippen molar-refractivity contribution in [2.75, 3.05) is 18.9 Å². The Kier molecular flexibility index (Phi) is 9.57. The second-order valence-corrected chi connectivity index (χ2v) is 4.59. The summed E-state index contributed by atoms with van der Waals surface area (Å²) in [5, 5.41) is 9.23. The first-order valence-corrected chi connectivity index (χ1v) is 5.78. The van der Waals surface area contributed by atoms with Crippen molar-refractivity contribution in [3.05, 3.63) is 0 Å². The molecule has 0 heterocycles. The molecule has 0 aromatic carbocycles. The summed E-state index contributed by atoms with van der Waals surface area (Å²) in [5.74, 6) is 1.21. The Hall–Kier alpha value is 0.270. The van der Waals surface area contributed by atoms with Crippen LogP contribution in [0.25, 0.3) is 0 Å². The van der Waals surface area contributed by atoms with Crippen LogP contribution in [0, 0.1) is 0 Å². The molecule has 3 heteroatoms. The van der Waals surface area contributed by atoms with Crippen LogP contribution in [0.1, 0.15) is 32.6 Å². The van der Waals surface area contributed by atoms with Gasteiger partial charge in [0.05, 0.1) is 0 Å².